The Hall–Kier alpha value is -0.870. The van der Waals surface area contributed by atoms with Gasteiger partial charge in [-0.05, 0) is 50.4 Å². The highest BCUT2D eigenvalue weighted by molar-refractivity contribution is 5.13. The van der Waals surface area contributed by atoms with Crippen LogP contribution in [0.15, 0.2) is 12.4 Å². The Morgan fingerprint density at radius 3 is 2.69 bits per heavy atom. The van der Waals surface area contributed by atoms with E-state index in [0.717, 1.165) is 32.1 Å². The molecule has 0 spiro atoms. The summed E-state index contributed by atoms with van der Waals surface area (Å²) in [6.07, 6.45) is 8.08. The standard InChI is InChI=1S/C12H20N4/c1-4-13-5-2-10(1)11-7-15-16(9-11)12-3-6-14-8-12/h7,9-10,12-14H,1-6,8H2. The van der Waals surface area contributed by atoms with Crippen molar-refractivity contribution in [3.63, 3.8) is 0 Å². The molecule has 2 fully saturated rings. The van der Waals surface area contributed by atoms with Crippen molar-refractivity contribution in [1.29, 1.82) is 0 Å². The van der Waals surface area contributed by atoms with Crippen molar-refractivity contribution in [3.8, 4) is 0 Å². The molecule has 1 aromatic heterocycles. The van der Waals surface area contributed by atoms with Crippen LogP contribution in [0.1, 0.15) is 36.8 Å². The van der Waals surface area contributed by atoms with E-state index in [1.807, 2.05) is 0 Å². The summed E-state index contributed by atoms with van der Waals surface area (Å²) in [5.41, 5.74) is 1.44. The second-order valence-electron chi connectivity index (χ2n) is 4.92. The normalized spacial score (nSPS) is 27.4. The minimum absolute atomic E-state index is 0.579. The zero-order valence-electron chi connectivity index (χ0n) is 9.65. The minimum Gasteiger partial charge on any atom is -0.317 e. The number of rotatable bonds is 2. The number of nitrogens with zero attached hydrogens (tertiary/aromatic N) is 2. The van der Waals surface area contributed by atoms with Crippen molar-refractivity contribution in [2.45, 2.75) is 31.2 Å². The Balaban J connectivity index is 1.71. The number of aromatic nitrogens is 2. The molecule has 3 heterocycles. The van der Waals surface area contributed by atoms with Crippen molar-refractivity contribution < 1.29 is 0 Å². The Morgan fingerprint density at radius 2 is 1.94 bits per heavy atom. The first-order chi connectivity index (χ1) is 7.93. The maximum absolute atomic E-state index is 4.53. The fraction of sp³-hybridized carbons (Fsp3) is 0.750. The average Bonchev–Trinajstić information content (AvgIpc) is 3.01. The molecule has 4 heteroatoms. The summed E-state index contributed by atoms with van der Waals surface area (Å²) >= 11 is 0. The Labute approximate surface area is 96.4 Å². The summed E-state index contributed by atoms with van der Waals surface area (Å²) < 4.78 is 2.16. The van der Waals surface area contributed by atoms with Crippen LogP contribution in [0.3, 0.4) is 0 Å². The van der Waals surface area contributed by atoms with Crippen LogP contribution in [0.2, 0.25) is 0 Å². The van der Waals surface area contributed by atoms with E-state index in [2.05, 4.69) is 32.8 Å². The molecular weight excluding hydrogens is 200 g/mol. The van der Waals surface area contributed by atoms with Crippen LogP contribution in [-0.4, -0.2) is 36.0 Å². The molecule has 0 radical (unpaired) electrons. The third-order valence-corrected chi connectivity index (χ3v) is 3.84. The highest BCUT2D eigenvalue weighted by atomic mass is 15.3. The SMILES string of the molecule is c1nn(C2CCNC2)cc1C1CCNCC1. The van der Waals surface area contributed by atoms with E-state index in [0.29, 0.717) is 6.04 Å². The Morgan fingerprint density at radius 1 is 1.12 bits per heavy atom. The molecule has 1 unspecified atom stereocenters. The molecule has 0 amide bonds. The maximum Gasteiger partial charge on any atom is 0.0655 e. The lowest BCUT2D eigenvalue weighted by atomic mass is 9.93. The van der Waals surface area contributed by atoms with E-state index in [1.165, 1.54) is 24.8 Å². The van der Waals surface area contributed by atoms with E-state index < -0.39 is 0 Å². The van der Waals surface area contributed by atoms with Crippen molar-refractivity contribution in [2.24, 2.45) is 0 Å². The smallest absolute Gasteiger partial charge is 0.0655 e. The molecule has 16 heavy (non-hydrogen) atoms. The van der Waals surface area contributed by atoms with Crippen LogP contribution >= 0.6 is 0 Å². The number of nitrogens with one attached hydrogen (secondary N) is 2. The number of hydrogen-bond acceptors (Lipinski definition) is 3. The summed E-state index contributed by atoms with van der Waals surface area (Å²) in [6.45, 7) is 4.52. The van der Waals surface area contributed by atoms with Crippen LogP contribution in [-0.2, 0) is 0 Å². The van der Waals surface area contributed by atoms with E-state index in [1.54, 1.807) is 0 Å². The van der Waals surface area contributed by atoms with Crippen LogP contribution in [0.4, 0.5) is 0 Å². The molecule has 88 valence electrons. The number of hydrogen-bond donors (Lipinski definition) is 2. The molecule has 0 saturated carbocycles. The van der Waals surface area contributed by atoms with Gasteiger partial charge in [-0.2, -0.15) is 5.10 Å². The van der Waals surface area contributed by atoms with Gasteiger partial charge in [-0.25, -0.2) is 0 Å². The molecule has 0 aromatic carbocycles. The summed E-state index contributed by atoms with van der Waals surface area (Å²) in [7, 11) is 0. The Kier molecular flexibility index (Phi) is 2.93. The fourth-order valence-corrected chi connectivity index (χ4v) is 2.78. The van der Waals surface area contributed by atoms with Gasteiger partial charge in [0.25, 0.3) is 0 Å². The second kappa shape index (κ2) is 4.55. The average molecular weight is 220 g/mol. The summed E-state index contributed by atoms with van der Waals surface area (Å²) in [5.74, 6) is 0.726. The molecule has 2 aliphatic rings. The highest BCUT2D eigenvalue weighted by Crippen LogP contribution is 2.26. The van der Waals surface area contributed by atoms with Crippen LogP contribution in [0.5, 0.6) is 0 Å². The minimum atomic E-state index is 0.579. The molecule has 2 N–H and O–H groups in total. The monoisotopic (exact) mass is 220 g/mol. The molecule has 1 atom stereocenters. The lowest BCUT2D eigenvalue weighted by Gasteiger charge is -2.21. The molecule has 3 rings (SSSR count). The van der Waals surface area contributed by atoms with Gasteiger partial charge >= 0.3 is 0 Å². The lowest BCUT2D eigenvalue weighted by molar-refractivity contribution is 0.457. The highest BCUT2D eigenvalue weighted by Gasteiger charge is 2.20. The van der Waals surface area contributed by atoms with E-state index in [-0.39, 0.29) is 0 Å². The summed E-state index contributed by atoms with van der Waals surface area (Å²) in [5, 5.41) is 11.3. The van der Waals surface area contributed by atoms with Crippen LogP contribution < -0.4 is 10.6 Å². The maximum atomic E-state index is 4.53. The number of piperidine rings is 1. The van der Waals surface area contributed by atoms with E-state index >= 15 is 0 Å². The van der Waals surface area contributed by atoms with Gasteiger partial charge in [-0.1, -0.05) is 0 Å². The molecule has 2 saturated heterocycles. The predicted octanol–water partition coefficient (Wildman–Crippen LogP) is 0.884. The van der Waals surface area contributed by atoms with Gasteiger partial charge in [0.2, 0.25) is 0 Å². The quantitative estimate of drug-likeness (QED) is 0.777. The first-order valence-electron chi connectivity index (χ1n) is 6.39. The van der Waals surface area contributed by atoms with Crippen molar-refractivity contribution in [3.05, 3.63) is 18.0 Å². The van der Waals surface area contributed by atoms with Gasteiger partial charge < -0.3 is 10.6 Å². The predicted molar refractivity (Wildman–Crippen MR) is 63.6 cm³/mol. The van der Waals surface area contributed by atoms with Gasteiger partial charge in [-0.15, -0.1) is 0 Å². The Bertz CT molecular complexity index is 335. The third kappa shape index (κ3) is 1.99. The largest absolute Gasteiger partial charge is 0.317 e. The lowest BCUT2D eigenvalue weighted by Crippen LogP contribution is -2.26. The van der Waals surface area contributed by atoms with Crippen molar-refractivity contribution in [2.75, 3.05) is 26.2 Å². The van der Waals surface area contributed by atoms with Gasteiger partial charge in [0.05, 0.1) is 12.2 Å². The zero-order valence-corrected chi connectivity index (χ0v) is 9.65. The summed E-state index contributed by atoms with van der Waals surface area (Å²) in [6, 6.07) is 0.579. The molecular formula is C12H20N4. The van der Waals surface area contributed by atoms with Gasteiger partial charge in [0.1, 0.15) is 0 Å². The first-order valence-corrected chi connectivity index (χ1v) is 6.39. The first kappa shape index (κ1) is 10.3. The molecule has 0 bridgehead atoms. The fourth-order valence-electron chi connectivity index (χ4n) is 2.78. The van der Waals surface area contributed by atoms with E-state index in [9.17, 15) is 0 Å². The van der Waals surface area contributed by atoms with Gasteiger partial charge in [0, 0.05) is 12.7 Å². The van der Waals surface area contributed by atoms with E-state index in [4.69, 9.17) is 0 Å². The van der Waals surface area contributed by atoms with Gasteiger partial charge in [-0.3, -0.25) is 4.68 Å². The molecule has 1 aromatic rings. The molecule has 0 aliphatic carbocycles. The molecule has 2 aliphatic heterocycles. The van der Waals surface area contributed by atoms with Crippen LogP contribution in [0, 0.1) is 0 Å². The summed E-state index contributed by atoms with van der Waals surface area (Å²) in [4.78, 5) is 0. The molecule has 4 nitrogen and oxygen atoms in total. The second-order valence-corrected chi connectivity index (χ2v) is 4.92. The topological polar surface area (TPSA) is 41.9 Å². The van der Waals surface area contributed by atoms with Gasteiger partial charge in [0.15, 0.2) is 0 Å². The zero-order chi connectivity index (χ0) is 10.8. The third-order valence-electron chi connectivity index (χ3n) is 3.84. The van der Waals surface area contributed by atoms with Crippen molar-refractivity contribution in [1.82, 2.24) is 20.4 Å². The van der Waals surface area contributed by atoms with Crippen LogP contribution in [0.25, 0.3) is 0 Å². The van der Waals surface area contributed by atoms with Crippen molar-refractivity contribution >= 4 is 0 Å².